The van der Waals surface area contributed by atoms with E-state index in [-0.39, 0.29) is 0 Å². The molecule has 0 heterocycles. The predicted octanol–water partition coefficient (Wildman–Crippen LogP) is 8.05. The summed E-state index contributed by atoms with van der Waals surface area (Å²) in [6.45, 7) is 6.33. The summed E-state index contributed by atoms with van der Waals surface area (Å²) >= 11 is 0. The van der Waals surface area contributed by atoms with Crippen LogP contribution in [-0.2, 0) is 0 Å². The van der Waals surface area contributed by atoms with Crippen molar-refractivity contribution in [3.63, 3.8) is 0 Å². The summed E-state index contributed by atoms with van der Waals surface area (Å²) in [6.07, 6.45) is 0. The van der Waals surface area contributed by atoms with Crippen LogP contribution in [0.3, 0.4) is 0 Å². The highest BCUT2D eigenvalue weighted by molar-refractivity contribution is 6.00. The van der Waals surface area contributed by atoms with Crippen molar-refractivity contribution >= 4 is 38.6 Å². The van der Waals surface area contributed by atoms with Gasteiger partial charge in [-0.15, -0.1) is 5.11 Å². The molecule has 0 fully saturated rings. The van der Waals surface area contributed by atoms with Gasteiger partial charge in [-0.1, -0.05) is 41.5 Å². The Balaban J connectivity index is 1.79. The molecule has 0 aliphatic carbocycles. The molecule has 4 nitrogen and oxygen atoms in total. The van der Waals surface area contributed by atoms with Crippen LogP contribution in [-0.4, -0.2) is 7.05 Å². The van der Waals surface area contributed by atoms with Gasteiger partial charge in [0.2, 0.25) is 0 Å². The van der Waals surface area contributed by atoms with Gasteiger partial charge in [-0.05, 0) is 67.4 Å². The fourth-order valence-corrected chi connectivity index (χ4v) is 3.62. The quantitative estimate of drug-likeness (QED) is 0.329. The molecule has 0 atom stereocenters. The van der Waals surface area contributed by atoms with Crippen molar-refractivity contribution in [3.05, 3.63) is 77.4 Å². The van der Waals surface area contributed by atoms with Gasteiger partial charge in [-0.2, -0.15) is 15.3 Å². The van der Waals surface area contributed by atoms with E-state index in [4.69, 9.17) is 0 Å². The molecule has 0 aromatic heterocycles. The van der Waals surface area contributed by atoms with Crippen LogP contribution < -0.4 is 0 Å². The SMILES string of the molecule is CN=Nc1ccc(N=Nc2ccc3c(C)cc(C)cc3c2)c2cc(C)ccc12. The van der Waals surface area contributed by atoms with Crippen molar-refractivity contribution in [2.24, 2.45) is 20.5 Å². The van der Waals surface area contributed by atoms with Crippen LogP contribution in [0.25, 0.3) is 21.5 Å². The molecule has 0 amide bonds. The average Bonchev–Trinajstić information content (AvgIpc) is 2.67. The Kier molecular flexibility index (Phi) is 4.70. The van der Waals surface area contributed by atoms with Crippen LogP contribution in [0.4, 0.5) is 17.1 Å². The Hall–Kier alpha value is -3.40. The molecule has 0 radical (unpaired) electrons. The van der Waals surface area contributed by atoms with Crippen molar-refractivity contribution in [3.8, 4) is 0 Å². The highest BCUT2D eigenvalue weighted by Crippen LogP contribution is 2.35. The summed E-state index contributed by atoms with van der Waals surface area (Å²) in [7, 11) is 1.68. The first-order valence-corrected chi connectivity index (χ1v) is 9.31. The third-order valence-corrected chi connectivity index (χ3v) is 4.89. The Morgan fingerprint density at radius 1 is 0.571 bits per heavy atom. The molecule has 0 aliphatic rings. The van der Waals surface area contributed by atoms with Crippen molar-refractivity contribution in [2.75, 3.05) is 7.05 Å². The van der Waals surface area contributed by atoms with Crippen LogP contribution in [0, 0.1) is 20.8 Å². The zero-order valence-electron chi connectivity index (χ0n) is 16.6. The van der Waals surface area contributed by atoms with E-state index in [0.29, 0.717) is 0 Å². The van der Waals surface area contributed by atoms with Gasteiger partial charge in [0.25, 0.3) is 0 Å². The first-order valence-electron chi connectivity index (χ1n) is 9.31. The number of fused-ring (bicyclic) bond motifs is 2. The lowest BCUT2D eigenvalue weighted by molar-refractivity contribution is 1.17. The van der Waals surface area contributed by atoms with Gasteiger partial charge in [0.05, 0.1) is 17.1 Å². The lowest BCUT2D eigenvalue weighted by Gasteiger charge is -2.06. The molecule has 0 unspecified atom stereocenters. The Morgan fingerprint density at radius 2 is 1.32 bits per heavy atom. The molecule has 0 aliphatic heterocycles. The summed E-state index contributed by atoms with van der Waals surface area (Å²) in [5.74, 6) is 0. The molecule has 0 saturated carbocycles. The number of nitrogens with zero attached hydrogens (tertiary/aromatic N) is 4. The standard InChI is InChI=1S/C24H22N4/c1-15-5-7-21-22(13-15)24(10-9-23(21)27-25-4)28-26-19-6-8-20-17(3)11-16(2)12-18(20)14-19/h5-14H,1-4H3. The Morgan fingerprint density at radius 3 is 2.11 bits per heavy atom. The summed E-state index contributed by atoms with van der Waals surface area (Å²) in [5.41, 5.74) is 6.21. The van der Waals surface area contributed by atoms with Crippen molar-refractivity contribution < 1.29 is 0 Å². The molecule has 4 aromatic carbocycles. The maximum Gasteiger partial charge on any atom is 0.0937 e. The van der Waals surface area contributed by atoms with Crippen LogP contribution in [0.1, 0.15) is 16.7 Å². The largest absolute Gasteiger partial charge is 0.192 e. The molecule has 28 heavy (non-hydrogen) atoms. The minimum atomic E-state index is 0.828. The molecule has 0 bridgehead atoms. The van der Waals surface area contributed by atoms with Gasteiger partial charge in [0, 0.05) is 17.8 Å². The van der Waals surface area contributed by atoms with Crippen molar-refractivity contribution in [1.82, 2.24) is 0 Å². The van der Waals surface area contributed by atoms with Gasteiger partial charge in [0.1, 0.15) is 0 Å². The second-order valence-electron chi connectivity index (χ2n) is 7.14. The van der Waals surface area contributed by atoms with E-state index in [2.05, 4.69) is 83.7 Å². The number of azo groups is 2. The highest BCUT2D eigenvalue weighted by Gasteiger charge is 2.06. The molecule has 4 aromatic rings. The second-order valence-corrected chi connectivity index (χ2v) is 7.14. The second kappa shape index (κ2) is 7.31. The maximum atomic E-state index is 4.55. The van der Waals surface area contributed by atoms with E-state index in [1.54, 1.807) is 7.05 Å². The van der Waals surface area contributed by atoms with E-state index in [1.807, 2.05) is 18.2 Å². The van der Waals surface area contributed by atoms with Gasteiger partial charge in [-0.25, -0.2) is 0 Å². The maximum absolute atomic E-state index is 4.55. The lowest BCUT2D eigenvalue weighted by atomic mass is 10.0. The molecule has 138 valence electrons. The number of benzene rings is 4. The van der Waals surface area contributed by atoms with Crippen LogP contribution in [0.15, 0.2) is 81.1 Å². The third kappa shape index (κ3) is 3.41. The zero-order valence-corrected chi connectivity index (χ0v) is 16.6. The van der Waals surface area contributed by atoms with Gasteiger partial charge in [0.15, 0.2) is 0 Å². The van der Waals surface area contributed by atoms with Crippen LogP contribution >= 0.6 is 0 Å². The molecule has 0 N–H and O–H groups in total. The summed E-state index contributed by atoms with van der Waals surface area (Å²) in [4.78, 5) is 0. The minimum absolute atomic E-state index is 0.828. The topological polar surface area (TPSA) is 49.4 Å². The Bertz CT molecular complexity index is 1250. The predicted molar refractivity (Wildman–Crippen MR) is 117 cm³/mol. The number of hydrogen-bond acceptors (Lipinski definition) is 4. The van der Waals surface area contributed by atoms with Gasteiger partial charge >= 0.3 is 0 Å². The fraction of sp³-hybridized carbons (Fsp3) is 0.167. The average molecular weight is 366 g/mol. The third-order valence-electron chi connectivity index (χ3n) is 4.89. The molecular weight excluding hydrogens is 344 g/mol. The molecule has 0 saturated heterocycles. The number of hydrogen-bond donors (Lipinski definition) is 0. The Labute approximate surface area is 164 Å². The molecular formula is C24H22N4. The summed E-state index contributed by atoms with van der Waals surface area (Å²) in [6, 6.07) is 20.7. The smallest absolute Gasteiger partial charge is 0.0937 e. The molecule has 4 heteroatoms. The normalized spacial score (nSPS) is 12.0. The van der Waals surface area contributed by atoms with E-state index in [9.17, 15) is 0 Å². The molecule has 0 spiro atoms. The monoisotopic (exact) mass is 366 g/mol. The van der Waals surface area contributed by atoms with E-state index in [1.165, 1.54) is 27.5 Å². The number of rotatable bonds is 3. The summed E-state index contributed by atoms with van der Waals surface area (Å²) < 4.78 is 0. The number of aryl methyl sites for hydroxylation is 3. The lowest BCUT2D eigenvalue weighted by Crippen LogP contribution is -1.81. The van der Waals surface area contributed by atoms with Crippen molar-refractivity contribution in [2.45, 2.75) is 20.8 Å². The molecule has 4 rings (SSSR count). The first kappa shape index (κ1) is 18.0. The van der Waals surface area contributed by atoms with E-state index in [0.717, 1.165) is 27.8 Å². The first-order chi connectivity index (χ1) is 13.5. The van der Waals surface area contributed by atoms with Crippen molar-refractivity contribution in [1.29, 1.82) is 0 Å². The van der Waals surface area contributed by atoms with Crippen LogP contribution in [0.5, 0.6) is 0 Å². The van der Waals surface area contributed by atoms with Gasteiger partial charge < -0.3 is 0 Å². The van der Waals surface area contributed by atoms with E-state index < -0.39 is 0 Å². The van der Waals surface area contributed by atoms with Gasteiger partial charge in [-0.3, -0.25) is 0 Å². The van der Waals surface area contributed by atoms with Crippen LogP contribution in [0.2, 0.25) is 0 Å². The highest BCUT2D eigenvalue weighted by atomic mass is 15.1. The minimum Gasteiger partial charge on any atom is -0.192 e. The van der Waals surface area contributed by atoms with E-state index >= 15 is 0 Å². The fourth-order valence-electron chi connectivity index (χ4n) is 3.62. The summed E-state index contributed by atoms with van der Waals surface area (Å²) in [5, 5.41) is 21.7. The zero-order chi connectivity index (χ0) is 19.7.